The Labute approximate surface area is 394 Å². The van der Waals surface area contributed by atoms with Gasteiger partial charge in [0, 0.05) is 86.9 Å². The summed E-state index contributed by atoms with van der Waals surface area (Å²) in [5, 5.41) is 8.92. The fourth-order valence-electron chi connectivity index (χ4n) is 12.0. The number of imide groups is 2. The van der Waals surface area contributed by atoms with E-state index in [-0.39, 0.29) is 36.7 Å². The van der Waals surface area contributed by atoms with Crippen LogP contribution >= 0.6 is 0 Å². The number of piperazine rings is 1. The largest absolute Gasteiger partial charge is 0.369 e. The summed E-state index contributed by atoms with van der Waals surface area (Å²) in [6, 6.07) is 24.4. The molecule has 4 saturated heterocycles. The van der Waals surface area contributed by atoms with E-state index in [2.05, 4.69) is 74.4 Å². The number of fused-ring (bicyclic) bond motifs is 2. The van der Waals surface area contributed by atoms with Crippen molar-refractivity contribution in [3.05, 3.63) is 102 Å². The van der Waals surface area contributed by atoms with Gasteiger partial charge in [0.1, 0.15) is 12.4 Å². The number of likely N-dealkylation sites (tertiary alicyclic amines) is 1. The summed E-state index contributed by atoms with van der Waals surface area (Å²) in [4.78, 5) is 88.2. The summed E-state index contributed by atoms with van der Waals surface area (Å²) in [5.41, 5.74) is 6.74. The quantitative estimate of drug-likeness (QED) is 0.160. The van der Waals surface area contributed by atoms with Crippen LogP contribution in [-0.4, -0.2) is 140 Å². The minimum absolute atomic E-state index is 0.0522. The normalized spacial score (nSPS) is 24.4. The third kappa shape index (κ3) is 7.84. The van der Waals surface area contributed by atoms with Crippen LogP contribution in [0.15, 0.2) is 85.5 Å². The number of nitrogens with one attached hydrogen (secondary N) is 3. The molecular formula is C51H56N12O5. The van der Waals surface area contributed by atoms with E-state index < -0.39 is 23.8 Å². The van der Waals surface area contributed by atoms with Crippen LogP contribution in [0.2, 0.25) is 0 Å². The van der Waals surface area contributed by atoms with Crippen molar-refractivity contribution < 1.29 is 24.0 Å². The Kier molecular flexibility index (Phi) is 10.7. The van der Waals surface area contributed by atoms with E-state index in [1.54, 1.807) is 18.5 Å². The van der Waals surface area contributed by atoms with Crippen molar-refractivity contribution in [3.8, 4) is 0 Å². The number of imidazole rings is 1. The van der Waals surface area contributed by atoms with E-state index in [1.165, 1.54) is 31.4 Å². The molecule has 7 aliphatic rings. The summed E-state index contributed by atoms with van der Waals surface area (Å²) >= 11 is 0. The molecule has 6 fully saturated rings. The van der Waals surface area contributed by atoms with Gasteiger partial charge in [-0.1, -0.05) is 30.3 Å². The van der Waals surface area contributed by atoms with Crippen molar-refractivity contribution in [1.29, 1.82) is 0 Å². The number of piperidine rings is 2. The molecule has 350 valence electrons. The fraction of sp³-hybridized carbons (Fsp3) is 0.451. The lowest BCUT2D eigenvalue weighted by molar-refractivity contribution is -0.136. The number of aromatic nitrogens is 4. The van der Waals surface area contributed by atoms with E-state index in [9.17, 15) is 24.0 Å². The summed E-state index contributed by atoms with van der Waals surface area (Å²) in [7, 11) is 0. The molecule has 1 unspecified atom stereocenters. The Morgan fingerprint density at radius 2 is 1.46 bits per heavy atom. The van der Waals surface area contributed by atoms with Gasteiger partial charge in [0.05, 0.1) is 23.9 Å². The van der Waals surface area contributed by atoms with Gasteiger partial charge in [0.15, 0.2) is 17.0 Å². The first kappa shape index (κ1) is 42.6. The standard InChI is InChI=1S/C51H56N12O5/c64-43-13-12-42(48(66)57-43)63-49(67)40-11-10-36(25-41(40)50(63)68)61-28-39(29-61)58-16-14-51(15-17-58)26-38(27-51)60-20-18-59(19-21-60)35-8-6-33(7-9-35)56-46-45-47(53-30-52-46)62(31-54-45)37-23-34(24-37)55-44(65)22-32-4-2-1-3-5-32/h1-11,25,30-31,34,37-39,42H,12-24,26-29H2,(H,55,65)(H,52,53,56)(H,57,64,66). The van der Waals surface area contributed by atoms with Crippen LogP contribution in [0.25, 0.3) is 11.2 Å². The minimum atomic E-state index is -0.957. The SMILES string of the molecule is O=C1CCC(N2C(=O)c3ccc(N4CC(N5CCC6(CC5)CC(N5CCN(c7ccc(Nc8ncnc9c8ncn9C8CC(NC(=O)Cc9ccccc9)C8)cc7)CC5)C6)C4)cc3C2=O)C(=O)N1. The number of benzene rings is 3. The smallest absolute Gasteiger partial charge is 0.262 e. The number of hydrogen-bond donors (Lipinski definition) is 3. The van der Waals surface area contributed by atoms with E-state index in [1.807, 2.05) is 42.7 Å². The number of anilines is 4. The second-order valence-electron chi connectivity index (χ2n) is 20.1. The Bertz CT molecular complexity index is 2780. The number of hydrogen-bond acceptors (Lipinski definition) is 13. The highest BCUT2D eigenvalue weighted by molar-refractivity contribution is 6.23. The molecule has 0 bridgehead atoms. The maximum Gasteiger partial charge on any atom is 0.262 e. The van der Waals surface area contributed by atoms with Gasteiger partial charge in [-0.05, 0) is 111 Å². The molecular weight excluding hydrogens is 861 g/mol. The van der Waals surface area contributed by atoms with Crippen molar-refractivity contribution >= 4 is 63.6 Å². The van der Waals surface area contributed by atoms with Crippen molar-refractivity contribution in [1.82, 2.24) is 44.9 Å². The molecule has 2 aromatic heterocycles. The summed E-state index contributed by atoms with van der Waals surface area (Å²) in [5.74, 6) is -1.18. The lowest BCUT2D eigenvalue weighted by Crippen LogP contribution is -2.64. The second-order valence-corrected chi connectivity index (χ2v) is 20.1. The Morgan fingerprint density at radius 1 is 0.735 bits per heavy atom. The van der Waals surface area contributed by atoms with Crippen molar-refractivity contribution in [3.63, 3.8) is 0 Å². The number of amides is 5. The molecule has 5 amide bonds. The van der Waals surface area contributed by atoms with E-state index in [0.717, 1.165) is 98.2 Å². The molecule has 1 spiro atoms. The first-order chi connectivity index (χ1) is 33.1. The van der Waals surface area contributed by atoms with Crippen LogP contribution in [-0.2, 0) is 20.8 Å². The third-order valence-corrected chi connectivity index (χ3v) is 16.1. The molecule has 0 radical (unpaired) electrons. The van der Waals surface area contributed by atoms with Crippen molar-refractivity contribution in [2.24, 2.45) is 5.41 Å². The van der Waals surface area contributed by atoms with Gasteiger partial charge in [0.25, 0.3) is 11.8 Å². The van der Waals surface area contributed by atoms with Gasteiger partial charge in [-0.2, -0.15) is 0 Å². The highest BCUT2D eigenvalue weighted by atomic mass is 16.2. The predicted octanol–water partition coefficient (Wildman–Crippen LogP) is 4.29. The predicted molar refractivity (Wildman–Crippen MR) is 255 cm³/mol. The van der Waals surface area contributed by atoms with Gasteiger partial charge in [-0.3, -0.25) is 44.0 Å². The van der Waals surface area contributed by atoms with Crippen LogP contribution in [0.1, 0.15) is 83.7 Å². The molecule has 2 aliphatic carbocycles. The molecule has 2 saturated carbocycles. The Balaban J connectivity index is 0.573. The molecule has 1 atom stereocenters. The Morgan fingerprint density at radius 3 is 2.21 bits per heavy atom. The zero-order chi connectivity index (χ0) is 46.1. The molecule has 17 heteroatoms. The topological polar surface area (TPSA) is 181 Å². The first-order valence-corrected chi connectivity index (χ1v) is 24.4. The van der Waals surface area contributed by atoms with Crippen molar-refractivity contribution in [2.45, 2.75) is 88.0 Å². The maximum absolute atomic E-state index is 13.4. The summed E-state index contributed by atoms with van der Waals surface area (Å²) in [6.07, 6.45) is 10.8. The van der Waals surface area contributed by atoms with Crippen LogP contribution in [0.3, 0.4) is 0 Å². The molecule has 5 aromatic rings. The van der Waals surface area contributed by atoms with Gasteiger partial charge in [-0.25, -0.2) is 15.0 Å². The first-order valence-electron chi connectivity index (χ1n) is 24.4. The summed E-state index contributed by atoms with van der Waals surface area (Å²) < 4.78 is 2.11. The van der Waals surface area contributed by atoms with Crippen LogP contribution in [0.5, 0.6) is 0 Å². The molecule has 3 N–H and O–H groups in total. The average molecular weight is 917 g/mol. The number of nitrogens with zero attached hydrogens (tertiary/aromatic N) is 9. The van der Waals surface area contributed by atoms with Crippen LogP contribution in [0, 0.1) is 5.41 Å². The van der Waals surface area contributed by atoms with E-state index in [4.69, 9.17) is 4.98 Å². The zero-order valence-electron chi connectivity index (χ0n) is 38.1. The number of carbonyl (C=O) groups excluding carboxylic acids is 5. The molecule has 5 aliphatic heterocycles. The van der Waals surface area contributed by atoms with Crippen molar-refractivity contribution in [2.75, 3.05) is 67.5 Å². The molecule has 17 nitrogen and oxygen atoms in total. The summed E-state index contributed by atoms with van der Waals surface area (Å²) in [6.45, 7) is 8.18. The highest BCUT2D eigenvalue weighted by Crippen LogP contribution is 2.51. The minimum Gasteiger partial charge on any atom is -0.369 e. The van der Waals surface area contributed by atoms with Gasteiger partial charge < -0.3 is 25.0 Å². The third-order valence-electron chi connectivity index (χ3n) is 16.1. The Hall–Kier alpha value is -6.72. The highest BCUT2D eigenvalue weighted by Gasteiger charge is 2.50. The van der Waals surface area contributed by atoms with Crippen LogP contribution in [0.4, 0.5) is 22.9 Å². The number of carbonyl (C=O) groups is 5. The monoisotopic (exact) mass is 916 g/mol. The van der Waals surface area contributed by atoms with Gasteiger partial charge >= 0.3 is 0 Å². The van der Waals surface area contributed by atoms with Gasteiger partial charge in [-0.15, -0.1) is 0 Å². The van der Waals surface area contributed by atoms with Crippen LogP contribution < -0.4 is 25.8 Å². The maximum atomic E-state index is 13.4. The lowest BCUT2D eigenvalue weighted by atomic mass is 9.59. The average Bonchev–Trinajstić information content (AvgIpc) is 3.85. The molecule has 3 aromatic carbocycles. The molecule has 12 rings (SSSR count). The lowest BCUT2D eigenvalue weighted by Gasteiger charge is -2.58. The second kappa shape index (κ2) is 17.1. The van der Waals surface area contributed by atoms with E-state index in [0.29, 0.717) is 40.9 Å². The fourth-order valence-corrected chi connectivity index (χ4v) is 12.0. The molecule has 7 heterocycles. The van der Waals surface area contributed by atoms with Gasteiger partial charge in [0.2, 0.25) is 17.7 Å². The zero-order valence-corrected chi connectivity index (χ0v) is 38.1. The number of rotatable bonds is 11. The van der Waals surface area contributed by atoms with E-state index >= 15 is 0 Å². The molecule has 68 heavy (non-hydrogen) atoms.